The van der Waals surface area contributed by atoms with Gasteiger partial charge in [-0.15, -0.1) is 12.6 Å². The third-order valence-corrected chi connectivity index (χ3v) is 2.93. The van der Waals surface area contributed by atoms with Gasteiger partial charge in [0, 0.05) is 13.0 Å². The highest BCUT2D eigenvalue weighted by Crippen LogP contribution is 2.33. The van der Waals surface area contributed by atoms with Gasteiger partial charge in [0.2, 0.25) is 0 Å². The third-order valence-electron chi connectivity index (χ3n) is 2.28. The number of Topliss-reactive ketones (excluding diaryl/α,β-unsaturated/α-hetero) is 1. The molecule has 0 aromatic rings. The van der Waals surface area contributed by atoms with Crippen LogP contribution < -0.4 is 0 Å². The summed E-state index contributed by atoms with van der Waals surface area (Å²) in [5, 5.41) is 9.68. The lowest BCUT2D eigenvalue weighted by molar-refractivity contribution is -0.126. The molecule has 1 fully saturated rings. The molecule has 13 heavy (non-hydrogen) atoms. The van der Waals surface area contributed by atoms with Crippen LogP contribution in [0, 0.1) is 0 Å². The molecule has 0 aliphatic carbocycles. The highest BCUT2D eigenvalue weighted by molar-refractivity contribution is 7.81. The summed E-state index contributed by atoms with van der Waals surface area (Å²) in [6, 6.07) is 0. The summed E-state index contributed by atoms with van der Waals surface area (Å²) in [7, 11) is 0. The van der Waals surface area contributed by atoms with E-state index in [1.54, 1.807) is 0 Å². The second-order valence-corrected chi connectivity index (χ2v) is 4.33. The molecule has 76 valence electrons. The number of ketones is 1. The Morgan fingerprint density at radius 3 is 2.85 bits per heavy atom. The summed E-state index contributed by atoms with van der Waals surface area (Å²) < 4.78 is 5.39. The van der Waals surface area contributed by atoms with Crippen LogP contribution in [-0.4, -0.2) is 28.5 Å². The molecular weight excluding hydrogens is 188 g/mol. The van der Waals surface area contributed by atoms with E-state index in [0.717, 1.165) is 12.8 Å². The SMILES string of the molecule is CC(=O)CC(O)C1(S)CCCCO1. The monoisotopic (exact) mass is 204 g/mol. The van der Waals surface area contributed by atoms with E-state index in [4.69, 9.17) is 4.74 Å². The van der Waals surface area contributed by atoms with Crippen molar-refractivity contribution in [1.29, 1.82) is 0 Å². The number of aliphatic hydroxyl groups is 1. The van der Waals surface area contributed by atoms with Gasteiger partial charge in [-0.25, -0.2) is 0 Å². The van der Waals surface area contributed by atoms with E-state index in [2.05, 4.69) is 12.6 Å². The first-order valence-electron chi connectivity index (χ1n) is 4.58. The molecule has 0 radical (unpaired) electrons. The first-order valence-corrected chi connectivity index (χ1v) is 5.03. The standard InChI is InChI=1S/C9H16O3S/c1-7(10)6-8(11)9(13)4-2-3-5-12-9/h8,11,13H,2-6H2,1H3. The fourth-order valence-corrected chi connectivity index (χ4v) is 1.84. The minimum absolute atomic E-state index is 0.0323. The quantitative estimate of drug-likeness (QED) is 0.678. The highest BCUT2D eigenvalue weighted by atomic mass is 32.1. The van der Waals surface area contributed by atoms with Gasteiger partial charge in [-0.05, 0) is 26.2 Å². The van der Waals surface area contributed by atoms with Crippen LogP contribution >= 0.6 is 12.6 Å². The summed E-state index contributed by atoms with van der Waals surface area (Å²) in [6.07, 6.45) is 2.07. The summed E-state index contributed by atoms with van der Waals surface area (Å²) in [4.78, 5) is 9.99. The number of carbonyl (C=O) groups excluding carboxylic acids is 1. The summed E-state index contributed by atoms with van der Waals surface area (Å²) in [5.41, 5.74) is 0. The molecule has 1 heterocycles. The van der Waals surface area contributed by atoms with Crippen molar-refractivity contribution < 1.29 is 14.6 Å². The smallest absolute Gasteiger partial charge is 0.137 e. The van der Waals surface area contributed by atoms with E-state index in [0.29, 0.717) is 13.0 Å². The average molecular weight is 204 g/mol. The lowest BCUT2D eigenvalue weighted by Gasteiger charge is -2.36. The average Bonchev–Trinajstić information content (AvgIpc) is 2.04. The Kier molecular flexibility index (Phi) is 3.76. The fraction of sp³-hybridized carbons (Fsp3) is 0.889. The van der Waals surface area contributed by atoms with Crippen LogP contribution in [0.15, 0.2) is 0 Å². The zero-order chi connectivity index (χ0) is 9.90. The van der Waals surface area contributed by atoms with Crippen LogP contribution in [0.2, 0.25) is 0 Å². The maximum atomic E-state index is 10.8. The molecule has 0 bridgehead atoms. The van der Waals surface area contributed by atoms with Crippen LogP contribution in [0.1, 0.15) is 32.6 Å². The second-order valence-electron chi connectivity index (χ2n) is 3.57. The van der Waals surface area contributed by atoms with Gasteiger partial charge in [0.25, 0.3) is 0 Å². The largest absolute Gasteiger partial charge is 0.389 e. The number of carbonyl (C=O) groups is 1. The molecule has 0 aromatic heterocycles. The Morgan fingerprint density at radius 2 is 2.38 bits per heavy atom. The number of hydrogen-bond donors (Lipinski definition) is 2. The molecule has 0 saturated carbocycles. The molecule has 3 nitrogen and oxygen atoms in total. The zero-order valence-corrected chi connectivity index (χ0v) is 8.72. The molecule has 0 spiro atoms. The Balaban J connectivity index is 2.51. The van der Waals surface area contributed by atoms with Crippen LogP contribution in [-0.2, 0) is 9.53 Å². The van der Waals surface area contributed by atoms with E-state index in [1.165, 1.54) is 6.92 Å². The number of thiol groups is 1. The molecule has 1 N–H and O–H groups in total. The van der Waals surface area contributed by atoms with Crippen molar-refractivity contribution >= 4 is 18.4 Å². The molecule has 0 aromatic carbocycles. The van der Waals surface area contributed by atoms with E-state index >= 15 is 0 Å². The molecule has 1 aliphatic rings. The molecule has 1 saturated heterocycles. The van der Waals surface area contributed by atoms with Gasteiger partial charge in [0.1, 0.15) is 10.7 Å². The Hall–Kier alpha value is -0.0600. The topological polar surface area (TPSA) is 46.5 Å². The maximum Gasteiger partial charge on any atom is 0.137 e. The van der Waals surface area contributed by atoms with Crippen LogP contribution in [0.25, 0.3) is 0 Å². The first kappa shape index (κ1) is 11.0. The summed E-state index contributed by atoms with van der Waals surface area (Å²) >= 11 is 4.30. The molecular formula is C9H16O3S. The van der Waals surface area contributed by atoms with Gasteiger partial charge in [-0.1, -0.05) is 0 Å². The lowest BCUT2D eigenvalue weighted by Crippen LogP contribution is -2.43. The Labute approximate surface area is 83.9 Å². The van der Waals surface area contributed by atoms with Crippen molar-refractivity contribution in [1.82, 2.24) is 0 Å². The molecule has 4 heteroatoms. The van der Waals surface area contributed by atoms with Crippen molar-refractivity contribution in [3.05, 3.63) is 0 Å². The minimum Gasteiger partial charge on any atom is -0.389 e. The van der Waals surface area contributed by atoms with E-state index < -0.39 is 11.0 Å². The van der Waals surface area contributed by atoms with Crippen LogP contribution in [0.3, 0.4) is 0 Å². The summed E-state index contributed by atoms with van der Waals surface area (Å²) in [5.74, 6) is -0.0323. The molecule has 1 aliphatic heterocycles. The minimum atomic E-state index is -0.802. The number of aliphatic hydroxyl groups excluding tert-OH is 1. The van der Waals surface area contributed by atoms with Gasteiger partial charge >= 0.3 is 0 Å². The summed E-state index contributed by atoms with van der Waals surface area (Å²) in [6.45, 7) is 2.08. The van der Waals surface area contributed by atoms with E-state index in [9.17, 15) is 9.90 Å². The predicted octanol–water partition coefficient (Wildman–Crippen LogP) is 1.15. The predicted molar refractivity (Wildman–Crippen MR) is 52.8 cm³/mol. The molecule has 0 amide bonds. The first-order chi connectivity index (χ1) is 6.04. The lowest BCUT2D eigenvalue weighted by atomic mass is 10.00. The third kappa shape index (κ3) is 2.97. The van der Waals surface area contributed by atoms with Gasteiger partial charge in [0.15, 0.2) is 0 Å². The fourth-order valence-electron chi connectivity index (χ4n) is 1.50. The van der Waals surface area contributed by atoms with E-state index in [1.807, 2.05) is 0 Å². The number of rotatable bonds is 3. The van der Waals surface area contributed by atoms with Crippen molar-refractivity contribution in [3.8, 4) is 0 Å². The van der Waals surface area contributed by atoms with Crippen molar-refractivity contribution in [2.75, 3.05) is 6.61 Å². The van der Waals surface area contributed by atoms with Gasteiger partial charge in [-0.3, -0.25) is 4.79 Å². The zero-order valence-electron chi connectivity index (χ0n) is 7.82. The Morgan fingerprint density at radius 1 is 1.69 bits per heavy atom. The normalized spacial score (nSPS) is 31.3. The van der Waals surface area contributed by atoms with Gasteiger partial charge < -0.3 is 9.84 Å². The molecule has 2 atom stereocenters. The number of ether oxygens (including phenoxy) is 1. The van der Waals surface area contributed by atoms with Gasteiger partial charge in [-0.2, -0.15) is 0 Å². The van der Waals surface area contributed by atoms with Crippen molar-refractivity contribution in [2.45, 2.75) is 43.6 Å². The molecule has 2 unspecified atom stereocenters. The number of hydrogen-bond acceptors (Lipinski definition) is 4. The van der Waals surface area contributed by atoms with Crippen molar-refractivity contribution in [3.63, 3.8) is 0 Å². The van der Waals surface area contributed by atoms with Gasteiger partial charge in [0.05, 0.1) is 6.10 Å². The van der Waals surface area contributed by atoms with E-state index in [-0.39, 0.29) is 12.2 Å². The Bertz CT molecular complexity index is 187. The van der Waals surface area contributed by atoms with Crippen LogP contribution in [0.5, 0.6) is 0 Å². The van der Waals surface area contributed by atoms with Crippen molar-refractivity contribution in [2.24, 2.45) is 0 Å². The molecule has 1 rings (SSSR count). The highest BCUT2D eigenvalue weighted by Gasteiger charge is 2.37. The second kappa shape index (κ2) is 4.44. The van der Waals surface area contributed by atoms with Crippen LogP contribution in [0.4, 0.5) is 0 Å². The maximum absolute atomic E-state index is 10.8.